The van der Waals surface area contributed by atoms with Crippen LogP contribution >= 0.6 is 24.0 Å². The predicted molar refractivity (Wildman–Crippen MR) is 131 cm³/mol. The Morgan fingerprint density at radius 3 is 2.30 bits per heavy atom. The predicted octanol–water partition coefficient (Wildman–Crippen LogP) is 3.56. The highest BCUT2D eigenvalue weighted by Gasteiger charge is 2.16. The van der Waals surface area contributed by atoms with Crippen LogP contribution in [0.5, 0.6) is 0 Å². The summed E-state index contributed by atoms with van der Waals surface area (Å²) in [7, 11) is 1.38. The molecular formula is C21H35IN4O4. The largest absolute Gasteiger partial charge is 0.469 e. The molecule has 0 heterocycles. The zero-order valence-corrected chi connectivity index (χ0v) is 21.0. The third kappa shape index (κ3) is 11.8. The number of halogens is 1. The number of guanidine groups is 1. The van der Waals surface area contributed by atoms with Crippen LogP contribution in [0.2, 0.25) is 0 Å². The zero-order valence-electron chi connectivity index (χ0n) is 18.7. The number of methoxy groups -OCH3 is 1. The molecule has 0 saturated carbocycles. The molecule has 0 aromatic heterocycles. The summed E-state index contributed by atoms with van der Waals surface area (Å²) in [6.07, 6.45) is 0.309. The van der Waals surface area contributed by atoms with E-state index < -0.39 is 11.7 Å². The van der Waals surface area contributed by atoms with Crippen molar-refractivity contribution in [3.63, 3.8) is 0 Å². The van der Waals surface area contributed by atoms with Gasteiger partial charge in [0.15, 0.2) is 5.96 Å². The Morgan fingerprint density at radius 2 is 1.77 bits per heavy atom. The van der Waals surface area contributed by atoms with Gasteiger partial charge in [-0.25, -0.2) is 4.79 Å². The van der Waals surface area contributed by atoms with Gasteiger partial charge in [-0.05, 0) is 51.8 Å². The Kier molecular flexibility index (Phi) is 13.1. The van der Waals surface area contributed by atoms with Crippen LogP contribution in [0.3, 0.4) is 0 Å². The summed E-state index contributed by atoms with van der Waals surface area (Å²) in [5.74, 6) is 0.0941. The number of nitrogens with one attached hydrogen (secondary N) is 3. The van der Waals surface area contributed by atoms with E-state index in [1.165, 1.54) is 7.11 Å². The molecule has 1 aromatic rings. The summed E-state index contributed by atoms with van der Waals surface area (Å²) in [6, 6.07) is 7.60. The van der Waals surface area contributed by atoms with E-state index in [0.29, 0.717) is 24.7 Å². The van der Waals surface area contributed by atoms with Crippen LogP contribution in [0.15, 0.2) is 29.3 Å². The third-order valence-electron chi connectivity index (χ3n) is 3.78. The number of rotatable bonds is 8. The zero-order chi connectivity index (χ0) is 21.9. The van der Waals surface area contributed by atoms with Crippen molar-refractivity contribution in [3.8, 4) is 0 Å². The molecule has 0 aliphatic rings. The van der Waals surface area contributed by atoms with Gasteiger partial charge in [0.1, 0.15) is 5.60 Å². The second-order valence-corrected chi connectivity index (χ2v) is 7.64. The highest BCUT2D eigenvalue weighted by atomic mass is 127. The summed E-state index contributed by atoms with van der Waals surface area (Å²) < 4.78 is 9.96. The number of carbonyl (C=O) groups excluding carboxylic acids is 2. The van der Waals surface area contributed by atoms with E-state index in [0.717, 1.165) is 18.5 Å². The molecule has 0 spiro atoms. The molecule has 1 atom stereocenters. The molecule has 0 aliphatic heterocycles. The topological polar surface area (TPSA) is 101 Å². The molecule has 1 unspecified atom stereocenters. The number of ether oxygens (including phenoxy) is 2. The number of esters is 1. The lowest BCUT2D eigenvalue weighted by atomic mass is 10.1. The highest BCUT2D eigenvalue weighted by Crippen LogP contribution is 2.13. The molecule has 0 aliphatic carbocycles. The van der Waals surface area contributed by atoms with Gasteiger partial charge >= 0.3 is 12.1 Å². The first-order chi connectivity index (χ1) is 13.6. The Morgan fingerprint density at radius 1 is 1.13 bits per heavy atom. The lowest BCUT2D eigenvalue weighted by Gasteiger charge is -2.19. The van der Waals surface area contributed by atoms with Crippen molar-refractivity contribution < 1.29 is 19.1 Å². The normalized spacial score (nSPS) is 12.3. The van der Waals surface area contributed by atoms with E-state index in [1.807, 2.05) is 52.0 Å². The van der Waals surface area contributed by atoms with Crippen molar-refractivity contribution >= 4 is 47.7 Å². The van der Waals surface area contributed by atoms with Gasteiger partial charge in [0, 0.05) is 18.8 Å². The number of amides is 1. The number of nitrogens with zero attached hydrogens (tertiary/aromatic N) is 1. The van der Waals surface area contributed by atoms with Gasteiger partial charge in [0.2, 0.25) is 0 Å². The van der Waals surface area contributed by atoms with Gasteiger partial charge in [-0.3, -0.25) is 15.1 Å². The van der Waals surface area contributed by atoms with Gasteiger partial charge in [-0.15, -0.1) is 24.0 Å². The number of benzene rings is 1. The van der Waals surface area contributed by atoms with Crippen LogP contribution in [0, 0.1) is 5.92 Å². The Hall–Kier alpha value is -2.04. The van der Waals surface area contributed by atoms with E-state index in [4.69, 9.17) is 9.47 Å². The van der Waals surface area contributed by atoms with Gasteiger partial charge < -0.3 is 20.1 Å². The molecule has 9 heteroatoms. The van der Waals surface area contributed by atoms with Crippen molar-refractivity contribution in [2.45, 2.75) is 46.6 Å². The Balaban J connectivity index is 0.00000841. The average molecular weight is 534 g/mol. The maximum atomic E-state index is 11.8. The second-order valence-electron chi connectivity index (χ2n) is 7.64. The Bertz CT molecular complexity index is 687. The molecule has 3 N–H and O–H groups in total. The minimum Gasteiger partial charge on any atom is -0.469 e. The Labute approximate surface area is 196 Å². The SMILES string of the molecule is CCNC(=NCC(C)C(=O)OC)NCCc1ccc(NC(=O)OC(C)(C)C)cc1.I. The molecule has 30 heavy (non-hydrogen) atoms. The standard InChI is InChI=1S/C21H34N4O4.HI/c1-7-22-19(24-14-15(2)18(26)28-6)23-13-12-16-8-10-17(11-9-16)25-20(27)29-21(3,4)5;/h8-11,15H,7,12-14H2,1-6H3,(H,25,27)(H2,22,23,24);1H. The second kappa shape index (κ2) is 14.1. The lowest BCUT2D eigenvalue weighted by molar-refractivity contribution is -0.144. The minimum atomic E-state index is -0.532. The summed E-state index contributed by atoms with van der Waals surface area (Å²) in [6.45, 7) is 11.0. The fourth-order valence-electron chi connectivity index (χ4n) is 2.35. The van der Waals surface area contributed by atoms with E-state index in [2.05, 4.69) is 20.9 Å². The fraction of sp³-hybridized carbons (Fsp3) is 0.571. The summed E-state index contributed by atoms with van der Waals surface area (Å²) >= 11 is 0. The van der Waals surface area contributed by atoms with E-state index in [-0.39, 0.29) is 35.9 Å². The van der Waals surface area contributed by atoms with Crippen LogP contribution in [0.25, 0.3) is 0 Å². The summed E-state index contributed by atoms with van der Waals surface area (Å²) in [5, 5.41) is 9.12. The van der Waals surface area contributed by atoms with Gasteiger partial charge in [0.05, 0.1) is 19.6 Å². The third-order valence-corrected chi connectivity index (χ3v) is 3.78. The molecular weight excluding hydrogens is 499 g/mol. The van der Waals surface area contributed by atoms with Crippen LogP contribution in [-0.4, -0.2) is 50.4 Å². The highest BCUT2D eigenvalue weighted by molar-refractivity contribution is 14.0. The first kappa shape index (κ1) is 28.0. The van der Waals surface area contributed by atoms with Crippen molar-refractivity contribution in [2.75, 3.05) is 32.1 Å². The molecule has 0 saturated heterocycles. The summed E-state index contributed by atoms with van der Waals surface area (Å²) in [5.41, 5.74) is 1.27. The molecule has 0 radical (unpaired) electrons. The minimum absolute atomic E-state index is 0. The number of hydrogen-bond donors (Lipinski definition) is 3. The smallest absolute Gasteiger partial charge is 0.412 e. The first-order valence-electron chi connectivity index (χ1n) is 9.83. The quantitative estimate of drug-likeness (QED) is 0.204. The van der Waals surface area contributed by atoms with Gasteiger partial charge in [-0.1, -0.05) is 19.1 Å². The van der Waals surface area contributed by atoms with Crippen molar-refractivity contribution in [3.05, 3.63) is 29.8 Å². The van der Waals surface area contributed by atoms with Crippen LogP contribution < -0.4 is 16.0 Å². The molecule has 0 fully saturated rings. The van der Waals surface area contributed by atoms with Crippen molar-refractivity contribution in [2.24, 2.45) is 10.9 Å². The number of aliphatic imine (C=N–C) groups is 1. The molecule has 1 rings (SSSR count). The molecule has 1 aromatic carbocycles. The summed E-state index contributed by atoms with van der Waals surface area (Å²) in [4.78, 5) is 27.7. The van der Waals surface area contributed by atoms with Crippen molar-refractivity contribution in [1.29, 1.82) is 0 Å². The number of hydrogen-bond acceptors (Lipinski definition) is 5. The monoisotopic (exact) mass is 534 g/mol. The first-order valence-corrected chi connectivity index (χ1v) is 9.83. The molecule has 1 amide bonds. The van der Waals surface area contributed by atoms with E-state index >= 15 is 0 Å². The maximum absolute atomic E-state index is 11.8. The number of anilines is 1. The maximum Gasteiger partial charge on any atom is 0.412 e. The average Bonchev–Trinajstić information content (AvgIpc) is 2.65. The number of carbonyl (C=O) groups is 2. The van der Waals surface area contributed by atoms with Crippen LogP contribution in [0.4, 0.5) is 10.5 Å². The van der Waals surface area contributed by atoms with E-state index in [1.54, 1.807) is 6.92 Å². The van der Waals surface area contributed by atoms with E-state index in [9.17, 15) is 9.59 Å². The fourth-order valence-corrected chi connectivity index (χ4v) is 2.35. The van der Waals surface area contributed by atoms with Crippen LogP contribution in [-0.2, 0) is 20.7 Å². The molecule has 8 nitrogen and oxygen atoms in total. The molecule has 170 valence electrons. The van der Waals surface area contributed by atoms with Crippen molar-refractivity contribution in [1.82, 2.24) is 10.6 Å². The molecule has 0 bridgehead atoms. The van der Waals surface area contributed by atoms with Crippen LogP contribution in [0.1, 0.15) is 40.2 Å². The van der Waals surface area contributed by atoms with Gasteiger partial charge in [-0.2, -0.15) is 0 Å². The van der Waals surface area contributed by atoms with Gasteiger partial charge in [0.25, 0.3) is 0 Å². The lowest BCUT2D eigenvalue weighted by Crippen LogP contribution is -2.38.